The lowest BCUT2D eigenvalue weighted by molar-refractivity contribution is -0.737. The topological polar surface area (TPSA) is 176 Å². The average molecular weight is 291 g/mol. The number of hydrogen-bond donors (Lipinski definition) is 1. The standard InChI is InChI=1S/C6H5N7O6.FH/c14-12(15)4(13(16)17)2-7-6-5(10-19-11-6)3-1-8-18-9-3;/h1,4H,2H2,(H,7,11);1H. The van der Waals surface area contributed by atoms with Crippen LogP contribution in [0.5, 0.6) is 0 Å². The molecular formula is C6H6FN7O6. The van der Waals surface area contributed by atoms with E-state index in [4.69, 9.17) is 0 Å². The van der Waals surface area contributed by atoms with Crippen molar-refractivity contribution >= 4 is 5.82 Å². The summed E-state index contributed by atoms with van der Waals surface area (Å²) in [5.74, 6) is -0.0376. The number of anilines is 1. The highest BCUT2D eigenvalue weighted by Gasteiger charge is 2.32. The maximum absolute atomic E-state index is 10.4. The van der Waals surface area contributed by atoms with Gasteiger partial charge in [-0.25, -0.2) is 9.26 Å². The summed E-state index contributed by atoms with van der Waals surface area (Å²) in [7, 11) is 0. The van der Waals surface area contributed by atoms with Gasteiger partial charge in [-0.05, 0) is 15.5 Å². The van der Waals surface area contributed by atoms with Gasteiger partial charge in [-0.15, -0.1) is 0 Å². The summed E-state index contributed by atoms with van der Waals surface area (Å²) in [6.07, 6.45) is -0.802. The van der Waals surface area contributed by atoms with E-state index in [1.165, 1.54) is 6.20 Å². The third kappa shape index (κ3) is 2.98. The van der Waals surface area contributed by atoms with Crippen molar-refractivity contribution in [2.75, 3.05) is 11.9 Å². The highest BCUT2D eigenvalue weighted by atomic mass is 19.0. The zero-order valence-corrected chi connectivity index (χ0v) is 9.40. The number of hydrogen-bond acceptors (Lipinski definition) is 11. The molecule has 0 atom stereocenters. The predicted molar refractivity (Wildman–Crippen MR) is 56.4 cm³/mol. The lowest BCUT2D eigenvalue weighted by Crippen LogP contribution is -2.35. The molecule has 14 heteroatoms. The minimum Gasteiger partial charge on any atom is -0.352 e. The van der Waals surface area contributed by atoms with Crippen molar-refractivity contribution in [1.82, 2.24) is 20.6 Å². The summed E-state index contributed by atoms with van der Waals surface area (Å²) in [4.78, 5) is 18.8. The molecule has 0 saturated heterocycles. The van der Waals surface area contributed by atoms with E-state index in [0.29, 0.717) is 0 Å². The van der Waals surface area contributed by atoms with E-state index in [9.17, 15) is 20.2 Å². The monoisotopic (exact) mass is 291 g/mol. The van der Waals surface area contributed by atoms with Crippen molar-refractivity contribution in [2.45, 2.75) is 6.17 Å². The van der Waals surface area contributed by atoms with Crippen molar-refractivity contribution in [1.29, 1.82) is 0 Å². The summed E-state index contributed by atoms with van der Waals surface area (Å²) in [6.45, 7) is -0.591. The fraction of sp³-hybridized carbons (Fsp3) is 0.333. The number of nitro groups is 2. The van der Waals surface area contributed by atoms with Crippen molar-refractivity contribution in [3.05, 3.63) is 26.4 Å². The minimum absolute atomic E-state index is 0. The Morgan fingerprint density at radius 3 is 2.45 bits per heavy atom. The molecule has 0 fully saturated rings. The summed E-state index contributed by atoms with van der Waals surface area (Å²) < 4.78 is 8.75. The van der Waals surface area contributed by atoms with Crippen LogP contribution in [-0.4, -0.2) is 43.2 Å². The van der Waals surface area contributed by atoms with Gasteiger partial charge in [0.25, 0.3) is 0 Å². The van der Waals surface area contributed by atoms with Crippen LogP contribution in [-0.2, 0) is 0 Å². The third-order valence-corrected chi connectivity index (χ3v) is 2.03. The van der Waals surface area contributed by atoms with Crippen molar-refractivity contribution in [3.63, 3.8) is 0 Å². The molecule has 2 aromatic rings. The number of nitrogens with zero attached hydrogens (tertiary/aromatic N) is 6. The molecule has 20 heavy (non-hydrogen) atoms. The van der Waals surface area contributed by atoms with Crippen LogP contribution in [0.4, 0.5) is 10.5 Å². The van der Waals surface area contributed by atoms with Crippen LogP contribution in [0.2, 0.25) is 0 Å². The van der Waals surface area contributed by atoms with Crippen molar-refractivity contribution in [2.24, 2.45) is 0 Å². The van der Waals surface area contributed by atoms with Crippen molar-refractivity contribution in [3.8, 4) is 11.4 Å². The molecule has 0 bridgehead atoms. The van der Waals surface area contributed by atoms with Crippen LogP contribution < -0.4 is 5.32 Å². The van der Waals surface area contributed by atoms with Crippen LogP contribution in [0.3, 0.4) is 0 Å². The van der Waals surface area contributed by atoms with E-state index in [1.807, 2.05) is 0 Å². The van der Waals surface area contributed by atoms with Gasteiger partial charge in [0.15, 0.2) is 17.9 Å². The molecule has 0 aromatic carbocycles. The fourth-order valence-corrected chi connectivity index (χ4v) is 1.16. The van der Waals surface area contributed by atoms with Gasteiger partial charge in [-0.1, -0.05) is 5.16 Å². The molecule has 13 nitrogen and oxygen atoms in total. The van der Waals surface area contributed by atoms with Gasteiger partial charge < -0.3 is 5.32 Å². The fourth-order valence-electron chi connectivity index (χ4n) is 1.16. The Balaban J connectivity index is 0.00000200. The van der Waals surface area contributed by atoms with Crippen molar-refractivity contribution < 1.29 is 23.8 Å². The quantitative estimate of drug-likeness (QED) is 0.414. The Morgan fingerprint density at radius 1 is 1.20 bits per heavy atom. The molecule has 0 aliphatic carbocycles. The van der Waals surface area contributed by atoms with Crippen LogP contribution in [0, 0.1) is 20.2 Å². The summed E-state index contributed by atoms with van der Waals surface area (Å²) in [6, 6.07) is 0. The third-order valence-electron chi connectivity index (χ3n) is 2.03. The second kappa shape index (κ2) is 6.12. The second-order valence-corrected chi connectivity index (χ2v) is 3.19. The SMILES string of the molecule is F.O=[N+]([O-])C(CNc1nonc1-c1cnon1)[N+](=O)[O-]. The predicted octanol–water partition coefficient (Wildman–Crippen LogP) is -0.437. The Hall–Kier alpha value is -3.19. The molecule has 0 aliphatic heterocycles. The molecule has 2 aromatic heterocycles. The van der Waals surface area contributed by atoms with Gasteiger partial charge in [0.05, 0.1) is 9.85 Å². The van der Waals surface area contributed by atoms with E-state index in [-0.39, 0.29) is 21.9 Å². The Kier molecular flexibility index (Phi) is 4.55. The largest absolute Gasteiger partial charge is 0.467 e. The zero-order valence-electron chi connectivity index (χ0n) is 9.40. The molecule has 0 amide bonds. The normalized spacial score (nSPS) is 10.1. The van der Waals surface area contributed by atoms with E-state index in [2.05, 4.69) is 35.2 Å². The lowest BCUT2D eigenvalue weighted by atomic mass is 10.3. The summed E-state index contributed by atoms with van der Waals surface area (Å²) >= 11 is 0. The highest BCUT2D eigenvalue weighted by Crippen LogP contribution is 2.21. The molecule has 0 radical (unpaired) electrons. The Bertz CT molecular complexity index is 570. The molecule has 2 rings (SSSR count). The molecule has 0 unspecified atom stereocenters. The average Bonchev–Trinajstić information content (AvgIpc) is 2.97. The van der Waals surface area contributed by atoms with Crippen LogP contribution >= 0.6 is 0 Å². The lowest BCUT2D eigenvalue weighted by Gasteiger charge is -2.02. The van der Waals surface area contributed by atoms with E-state index in [1.54, 1.807) is 0 Å². The molecular weight excluding hydrogens is 285 g/mol. The zero-order chi connectivity index (χ0) is 13.8. The first-order valence-electron chi connectivity index (χ1n) is 4.71. The first-order chi connectivity index (χ1) is 9.09. The van der Waals surface area contributed by atoms with Gasteiger partial charge in [-0.2, -0.15) is 0 Å². The van der Waals surface area contributed by atoms with Crippen LogP contribution in [0.25, 0.3) is 11.4 Å². The number of nitrogens with one attached hydrogen (secondary N) is 1. The van der Waals surface area contributed by atoms with Gasteiger partial charge >= 0.3 is 6.17 Å². The Labute approximate surface area is 107 Å². The number of halogens is 1. The van der Waals surface area contributed by atoms with E-state index < -0.39 is 22.6 Å². The second-order valence-electron chi connectivity index (χ2n) is 3.19. The molecule has 0 spiro atoms. The first-order valence-corrected chi connectivity index (χ1v) is 4.71. The molecule has 0 aliphatic rings. The smallest absolute Gasteiger partial charge is 0.352 e. The summed E-state index contributed by atoms with van der Waals surface area (Å²) in [5, 5.41) is 36.9. The highest BCUT2D eigenvalue weighted by molar-refractivity contribution is 5.66. The van der Waals surface area contributed by atoms with E-state index in [0.717, 1.165) is 0 Å². The van der Waals surface area contributed by atoms with Gasteiger partial charge in [0, 0.05) is 0 Å². The molecule has 1 N–H and O–H groups in total. The molecule has 2 heterocycles. The molecule has 0 saturated carbocycles. The minimum atomic E-state index is -2.01. The Morgan fingerprint density at radius 2 is 1.90 bits per heavy atom. The first kappa shape index (κ1) is 14.9. The maximum Gasteiger partial charge on any atom is 0.467 e. The van der Waals surface area contributed by atoms with Crippen LogP contribution in [0.15, 0.2) is 15.5 Å². The number of aromatic nitrogens is 4. The maximum atomic E-state index is 10.4. The number of rotatable bonds is 6. The summed E-state index contributed by atoms with van der Waals surface area (Å²) in [5.41, 5.74) is 0.245. The van der Waals surface area contributed by atoms with E-state index >= 15 is 0 Å². The van der Waals surface area contributed by atoms with Gasteiger partial charge in [0.1, 0.15) is 6.20 Å². The van der Waals surface area contributed by atoms with Crippen LogP contribution in [0.1, 0.15) is 0 Å². The molecule has 108 valence electrons. The van der Waals surface area contributed by atoms with Gasteiger partial charge in [0.2, 0.25) is 5.82 Å². The van der Waals surface area contributed by atoms with Gasteiger partial charge in [-0.3, -0.25) is 24.9 Å².